The van der Waals surface area contributed by atoms with Gasteiger partial charge in [0.05, 0.1) is 5.69 Å². The molecule has 1 aromatic heterocycles. The molecule has 0 aliphatic carbocycles. The fraction of sp³-hybridized carbons (Fsp3) is 0.500. The van der Waals surface area contributed by atoms with Crippen LogP contribution in [0.3, 0.4) is 0 Å². The molecule has 14 heavy (non-hydrogen) atoms. The molecule has 0 amide bonds. The molecule has 0 N–H and O–H groups in total. The van der Waals surface area contributed by atoms with Crippen molar-refractivity contribution in [1.82, 2.24) is 4.98 Å². The summed E-state index contributed by atoms with van der Waals surface area (Å²) in [5.74, 6) is 3.38. The van der Waals surface area contributed by atoms with Gasteiger partial charge in [0.2, 0.25) is 0 Å². The average Bonchev–Trinajstić information content (AvgIpc) is 2.21. The molecule has 0 fully saturated rings. The molecule has 0 aliphatic rings. The van der Waals surface area contributed by atoms with Gasteiger partial charge >= 0.3 is 0 Å². The predicted octanol–water partition coefficient (Wildman–Crippen LogP) is 3.95. The van der Waals surface area contributed by atoms with E-state index in [1.165, 1.54) is 0 Å². The number of rotatable bonds is 5. The van der Waals surface area contributed by atoms with Crippen LogP contribution in [0.5, 0.6) is 0 Å². The summed E-state index contributed by atoms with van der Waals surface area (Å²) in [6, 6.07) is 4.07. The molecule has 0 saturated heterocycles. The molecular weight excluding hydrogens is 282 g/mol. The molecule has 1 heterocycles. The molecule has 1 atom stereocenters. The van der Waals surface area contributed by atoms with E-state index in [4.69, 9.17) is 11.6 Å². The summed E-state index contributed by atoms with van der Waals surface area (Å²) in [5.41, 5.74) is 1.12. The van der Waals surface area contributed by atoms with Gasteiger partial charge in [0.15, 0.2) is 0 Å². The van der Waals surface area contributed by atoms with Crippen molar-refractivity contribution in [2.24, 2.45) is 5.92 Å². The molecular formula is C10H13BrClNS. The Morgan fingerprint density at radius 2 is 2.36 bits per heavy atom. The number of pyridine rings is 1. The lowest BCUT2D eigenvalue weighted by Gasteiger charge is -2.06. The molecule has 1 aromatic rings. The van der Waals surface area contributed by atoms with Crippen molar-refractivity contribution in [3.05, 3.63) is 28.5 Å². The second-order valence-electron chi connectivity index (χ2n) is 3.24. The van der Waals surface area contributed by atoms with Gasteiger partial charge in [-0.05, 0) is 39.7 Å². The van der Waals surface area contributed by atoms with Crippen LogP contribution in [0.4, 0.5) is 0 Å². The summed E-state index contributed by atoms with van der Waals surface area (Å²) in [6.45, 7) is 2.16. The molecule has 1 rings (SSSR count). The minimum absolute atomic E-state index is 0.581. The summed E-state index contributed by atoms with van der Waals surface area (Å²) in [5, 5.41) is 0. The van der Waals surface area contributed by atoms with E-state index in [9.17, 15) is 0 Å². The Morgan fingerprint density at radius 3 is 2.93 bits per heavy atom. The first-order chi connectivity index (χ1) is 6.72. The van der Waals surface area contributed by atoms with Crippen LogP contribution in [0.15, 0.2) is 22.8 Å². The van der Waals surface area contributed by atoms with E-state index in [-0.39, 0.29) is 0 Å². The highest BCUT2D eigenvalue weighted by Crippen LogP contribution is 2.16. The zero-order chi connectivity index (χ0) is 10.4. The van der Waals surface area contributed by atoms with Gasteiger partial charge in [-0.1, -0.05) is 6.92 Å². The molecule has 0 saturated carbocycles. The van der Waals surface area contributed by atoms with E-state index >= 15 is 0 Å². The van der Waals surface area contributed by atoms with Crippen molar-refractivity contribution in [2.75, 3.05) is 11.6 Å². The summed E-state index contributed by atoms with van der Waals surface area (Å²) in [6.07, 6.45) is 1.83. The van der Waals surface area contributed by atoms with Crippen molar-refractivity contribution in [3.8, 4) is 0 Å². The number of halogens is 2. The highest BCUT2D eigenvalue weighted by molar-refractivity contribution is 9.10. The fourth-order valence-corrected chi connectivity index (χ4v) is 2.39. The standard InChI is InChI=1S/C10H13BrClNS/c1-8(4-12)6-14-7-10-3-2-9(11)5-13-10/h2-3,5,8H,4,6-7H2,1H3. The Morgan fingerprint density at radius 1 is 1.57 bits per heavy atom. The lowest BCUT2D eigenvalue weighted by molar-refractivity contribution is 0.758. The van der Waals surface area contributed by atoms with Gasteiger partial charge < -0.3 is 0 Å². The van der Waals surface area contributed by atoms with E-state index in [1.54, 1.807) is 0 Å². The zero-order valence-corrected chi connectivity index (χ0v) is 11.2. The van der Waals surface area contributed by atoms with Gasteiger partial charge in [0, 0.05) is 22.3 Å². The lowest BCUT2D eigenvalue weighted by Crippen LogP contribution is -1.99. The van der Waals surface area contributed by atoms with Crippen LogP contribution in [-0.2, 0) is 5.75 Å². The zero-order valence-electron chi connectivity index (χ0n) is 8.04. The first-order valence-corrected chi connectivity index (χ1v) is 6.94. The van der Waals surface area contributed by atoms with Crippen molar-refractivity contribution in [3.63, 3.8) is 0 Å². The maximum atomic E-state index is 5.72. The molecule has 0 aliphatic heterocycles. The third-order valence-electron chi connectivity index (χ3n) is 1.70. The molecule has 0 radical (unpaired) electrons. The normalized spacial score (nSPS) is 12.8. The van der Waals surface area contributed by atoms with Gasteiger partial charge in [-0.2, -0.15) is 11.8 Å². The first-order valence-electron chi connectivity index (χ1n) is 4.46. The van der Waals surface area contributed by atoms with Crippen molar-refractivity contribution in [1.29, 1.82) is 0 Å². The molecule has 1 nitrogen and oxygen atoms in total. The van der Waals surface area contributed by atoms with Crippen LogP contribution in [0.2, 0.25) is 0 Å². The maximum absolute atomic E-state index is 5.72. The number of thioether (sulfide) groups is 1. The van der Waals surface area contributed by atoms with E-state index in [0.29, 0.717) is 5.92 Å². The lowest BCUT2D eigenvalue weighted by atomic mass is 10.3. The number of nitrogens with zero attached hydrogens (tertiary/aromatic N) is 1. The Labute approximate surface area is 103 Å². The van der Waals surface area contributed by atoms with Crippen LogP contribution < -0.4 is 0 Å². The maximum Gasteiger partial charge on any atom is 0.0503 e. The van der Waals surface area contributed by atoms with Crippen molar-refractivity contribution < 1.29 is 0 Å². The summed E-state index contributed by atoms with van der Waals surface area (Å²) >= 11 is 11.0. The first kappa shape index (κ1) is 12.3. The number of alkyl halides is 1. The highest BCUT2D eigenvalue weighted by Gasteiger charge is 2.01. The summed E-state index contributed by atoms with van der Waals surface area (Å²) < 4.78 is 1.03. The van der Waals surface area contributed by atoms with Crippen LogP contribution in [0, 0.1) is 5.92 Å². The fourth-order valence-electron chi connectivity index (χ4n) is 0.901. The monoisotopic (exact) mass is 293 g/mol. The van der Waals surface area contributed by atoms with Crippen LogP contribution >= 0.6 is 39.3 Å². The van der Waals surface area contributed by atoms with Crippen molar-refractivity contribution >= 4 is 39.3 Å². The Hall–Kier alpha value is 0.270. The van der Waals surface area contributed by atoms with Crippen LogP contribution in [-0.4, -0.2) is 16.6 Å². The van der Waals surface area contributed by atoms with Gasteiger partial charge in [-0.25, -0.2) is 0 Å². The molecule has 4 heteroatoms. The number of aromatic nitrogens is 1. The smallest absolute Gasteiger partial charge is 0.0503 e. The van der Waals surface area contributed by atoms with Gasteiger partial charge in [0.25, 0.3) is 0 Å². The second-order valence-corrected chi connectivity index (χ2v) is 5.50. The Bertz CT molecular complexity index is 265. The van der Waals surface area contributed by atoms with E-state index < -0.39 is 0 Å². The largest absolute Gasteiger partial charge is 0.259 e. The molecule has 78 valence electrons. The second kappa shape index (κ2) is 6.70. The van der Waals surface area contributed by atoms with E-state index in [1.807, 2.05) is 30.1 Å². The van der Waals surface area contributed by atoms with Crippen LogP contribution in [0.1, 0.15) is 12.6 Å². The van der Waals surface area contributed by atoms with Gasteiger partial charge in [0.1, 0.15) is 0 Å². The third kappa shape index (κ3) is 4.67. The van der Waals surface area contributed by atoms with Crippen molar-refractivity contribution in [2.45, 2.75) is 12.7 Å². The SMILES string of the molecule is CC(CCl)CSCc1ccc(Br)cn1. The Kier molecular flexibility index (Phi) is 5.90. The minimum Gasteiger partial charge on any atom is -0.259 e. The van der Waals surface area contributed by atoms with E-state index in [0.717, 1.165) is 27.6 Å². The minimum atomic E-state index is 0.581. The Balaban J connectivity index is 2.28. The highest BCUT2D eigenvalue weighted by atomic mass is 79.9. The quantitative estimate of drug-likeness (QED) is 0.763. The molecule has 0 spiro atoms. The molecule has 1 unspecified atom stereocenters. The third-order valence-corrected chi connectivity index (χ3v) is 4.00. The average molecular weight is 295 g/mol. The number of hydrogen-bond acceptors (Lipinski definition) is 2. The van der Waals surface area contributed by atoms with Gasteiger partial charge in [-0.3, -0.25) is 4.98 Å². The molecule has 0 aromatic carbocycles. The summed E-state index contributed by atoms with van der Waals surface area (Å²) in [4.78, 5) is 4.30. The molecule has 0 bridgehead atoms. The summed E-state index contributed by atoms with van der Waals surface area (Å²) in [7, 11) is 0. The van der Waals surface area contributed by atoms with Gasteiger partial charge in [-0.15, -0.1) is 11.6 Å². The van der Waals surface area contributed by atoms with Crippen LogP contribution in [0.25, 0.3) is 0 Å². The van der Waals surface area contributed by atoms with E-state index in [2.05, 4.69) is 27.8 Å². The topological polar surface area (TPSA) is 12.9 Å². The predicted molar refractivity (Wildman–Crippen MR) is 68.0 cm³/mol. The number of hydrogen-bond donors (Lipinski definition) is 0.